The molecule has 1 amide bonds. The van der Waals surface area contributed by atoms with E-state index in [0.717, 1.165) is 17.7 Å². The van der Waals surface area contributed by atoms with Gasteiger partial charge in [0.2, 0.25) is 0 Å². The maximum Gasteiger partial charge on any atom is 0.263 e. The Kier molecular flexibility index (Phi) is 7.61. The first-order valence-corrected chi connectivity index (χ1v) is 10.6. The summed E-state index contributed by atoms with van der Waals surface area (Å²) in [6.07, 6.45) is 4.21. The second-order valence-corrected chi connectivity index (χ2v) is 8.52. The number of para-hydroxylation sites is 1. The zero-order valence-corrected chi connectivity index (χ0v) is 18.4. The fraction of sp³-hybridized carbons (Fsp3) is 0.143. The summed E-state index contributed by atoms with van der Waals surface area (Å²) in [5, 5.41) is 3.36. The summed E-state index contributed by atoms with van der Waals surface area (Å²) in [7, 11) is 0. The molecule has 4 nitrogen and oxygen atoms in total. The van der Waals surface area contributed by atoms with Gasteiger partial charge in [0.25, 0.3) is 5.91 Å². The van der Waals surface area contributed by atoms with Crippen LogP contribution in [0.25, 0.3) is 6.08 Å². The standard InChI is InChI=1S/C21H17Cl2NO3S2/c1-2-5-13-6-3-4-7-17(13)26-8-9-27-19-14(10-15(22)12-16(19)23)11-18-20(25)24-21(28)29-18/h2-4,6-7,10-12H,1,5,8-9H2,(H,24,25,28)/b18-11-. The van der Waals surface area contributed by atoms with Gasteiger partial charge in [0.1, 0.15) is 29.0 Å². The number of thiocarbonyl (C=S) groups is 1. The normalized spacial score (nSPS) is 14.8. The molecule has 1 fully saturated rings. The molecule has 0 saturated carbocycles. The first-order valence-electron chi connectivity index (χ1n) is 8.66. The lowest BCUT2D eigenvalue weighted by molar-refractivity contribution is -0.115. The molecule has 150 valence electrons. The van der Waals surface area contributed by atoms with Crippen LogP contribution in [0.5, 0.6) is 11.5 Å². The second-order valence-electron chi connectivity index (χ2n) is 5.96. The highest BCUT2D eigenvalue weighted by atomic mass is 35.5. The van der Waals surface area contributed by atoms with Crippen LogP contribution in [0.2, 0.25) is 10.0 Å². The Morgan fingerprint density at radius 1 is 1.17 bits per heavy atom. The number of hydrogen-bond acceptors (Lipinski definition) is 5. The van der Waals surface area contributed by atoms with Crippen molar-refractivity contribution in [3.05, 3.63) is 75.1 Å². The van der Waals surface area contributed by atoms with Crippen LogP contribution < -0.4 is 14.8 Å². The van der Waals surface area contributed by atoms with E-state index in [1.54, 1.807) is 18.2 Å². The quantitative estimate of drug-likeness (QED) is 0.235. The SMILES string of the molecule is C=CCc1ccccc1OCCOc1c(Cl)cc(Cl)cc1/C=C1\SC(=S)NC1=O. The smallest absolute Gasteiger partial charge is 0.263 e. The van der Waals surface area contributed by atoms with Gasteiger partial charge in [-0.25, -0.2) is 0 Å². The summed E-state index contributed by atoms with van der Waals surface area (Å²) in [6.45, 7) is 4.35. The molecule has 1 saturated heterocycles. The van der Waals surface area contributed by atoms with Gasteiger partial charge >= 0.3 is 0 Å². The van der Waals surface area contributed by atoms with Crippen molar-refractivity contribution >= 4 is 63.5 Å². The Balaban J connectivity index is 1.71. The van der Waals surface area contributed by atoms with E-state index in [-0.39, 0.29) is 12.5 Å². The van der Waals surface area contributed by atoms with Gasteiger partial charge in [0.15, 0.2) is 0 Å². The molecule has 1 N–H and O–H groups in total. The van der Waals surface area contributed by atoms with E-state index in [1.165, 1.54) is 11.8 Å². The Morgan fingerprint density at radius 2 is 1.93 bits per heavy atom. The molecule has 0 bridgehead atoms. The highest BCUT2D eigenvalue weighted by Crippen LogP contribution is 2.36. The Bertz CT molecular complexity index is 992. The number of amides is 1. The highest BCUT2D eigenvalue weighted by molar-refractivity contribution is 8.26. The van der Waals surface area contributed by atoms with Crippen molar-refractivity contribution in [2.24, 2.45) is 0 Å². The molecule has 1 aliphatic rings. The van der Waals surface area contributed by atoms with E-state index in [4.69, 9.17) is 44.9 Å². The van der Waals surface area contributed by atoms with Crippen LogP contribution in [-0.2, 0) is 11.2 Å². The Labute approximate surface area is 188 Å². The molecule has 0 aliphatic carbocycles. The van der Waals surface area contributed by atoms with E-state index in [0.29, 0.717) is 37.2 Å². The first kappa shape index (κ1) is 21.7. The number of carbonyl (C=O) groups excluding carboxylic acids is 1. The number of nitrogens with one attached hydrogen (secondary N) is 1. The zero-order chi connectivity index (χ0) is 20.8. The lowest BCUT2D eigenvalue weighted by atomic mass is 10.1. The Hall–Kier alpha value is -1.99. The third-order valence-corrected chi connectivity index (χ3v) is 5.55. The lowest BCUT2D eigenvalue weighted by Crippen LogP contribution is -2.17. The number of benzene rings is 2. The van der Waals surface area contributed by atoms with Crippen LogP contribution >= 0.6 is 47.2 Å². The summed E-state index contributed by atoms with van der Waals surface area (Å²) in [5.41, 5.74) is 1.65. The average Bonchev–Trinajstić information content (AvgIpc) is 2.98. The Morgan fingerprint density at radius 3 is 2.66 bits per heavy atom. The van der Waals surface area contributed by atoms with E-state index >= 15 is 0 Å². The van der Waals surface area contributed by atoms with Crippen LogP contribution in [0.15, 0.2) is 54.0 Å². The van der Waals surface area contributed by atoms with Crippen molar-refractivity contribution in [2.45, 2.75) is 6.42 Å². The molecule has 8 heteroatoms. The third-order valence-electron chi connectivity index (χ3n) is 3.89. The topological polar surface area (TPSA) is 47.6 Å². The minimum atomic E-state index is -0.260. The van der Waals surface area contributed by atoms with Crippen molar-refractivity contribution in [3.8, 4) is 11.5 Å². The molecular weight excluding hydrogens is 449 g/mol. The van der Waals surface area contributed by atoms with E-state index in [9.17, 15) is 4.79 Å². The maximum atomic E-state index is 12.0. The summed E-state index contributed by atoms with van der Waals surface area (Å²) >= 11 is 18.6. The van der Waals surface area contributed by atoms with Gasteiger partial charge in [-0.3, -0.25) is 4.79 Å². The van der Waals surface area contributed by atoms with Crippen molar-refractivity contribution in [1.29, 1.82) is 0 Å². The van der Waals surface area contributed by atoms with Gasteiger partial charge in [-0.15, -0.1) is 6.58 Å². The number of carbonyl (C=O) groups is 1. The number of hydrogen-bond donors (Lipinski definition) is 1. The fourth-order valence-electron chi connectivity index (χ4n) is 2.67. The summed E-state index contributed by atoms with van der Waals surface area (Å²) in [4.78, 5) is 12.4. The zero-order valence-electron chi connectivity index (χ0n) is 15.2. The summed E-state index contributed by atoms with van der Waals surface area (Å²) < 4.78 is 12.1. The minimum absolute atomic E-state index is 0.260. The molecule has 3 rings (SSSR count). The van der Waals surface area contributed by atoms with Gasteiger partial charge in [-0.05, 0) is 36.3 Å². The van der Waals surface area contributed by atoms with Crippen molar-refractivity contribution in [2.75, 3.05) is 13.2 Å². The van der Waals surface area contributed by atoms with Gasteiger partial charge in [0.05, 0.1) is 9.93 Å². The number of halogens is 2. The predicted octanol–water partition coefficient (Wildman–Crippen LogP) is 5.67. The van der Waals surface area contributed by atoms with Crippen LogP contribution in [0.3, 0.4) is 0 Å². The average molecular weight is 466 g/mol. The predicted molar refractivity (Wildman–Crippen MR) is 124 cm³/mol. The highest BCUT2D eigenvalue weighted by Gasteiger charge is 2.23. The second kappa shape index (κ2) is 10.2. The van der Waals surface area contributed by atoms with Crippen molar-refractivity contribution < 1.29 is 14.3 Å². The lowest BCUT2D eigenvalue weighted by Gasteiger charge is -2.14. The maximum absolute atomic E-state index is 12.0. The molecule has 0 aromatic heterocycles. The van der Waals surface area contributed by atoms with E-state index in [1.807, 2.05) is 30.3 Å². The van der Waals surface area contributed by atoms with Gasteiger partial charge in [-0.2, -0.15) is 0 Å². The third kappa shape index (κ3) is 5.76. The largest absolute Gasteiger partial charge is 0.490 e. The molecule has 1 aliphatic heterocycles. The molecule has 29 heavy (non-hydrogen) atoms. The van der Waals surface area contributed by atoms with Gasteiger partial charge in [-0.1, -0.05) is 71.5 Å². The summed E-state index contributed by atoms with van der Waals surface area (Å²) in [5.74, 6) is 0.954. The van der Waals surface area contributed by atoms with Crippen LogP contribution in [0.1, 0.15) is 11.1 Å². The van der Waals surface area contributed by atoms with E-state index < -0.39 is 0 Å². The molecule has 0 spiro atoms. The van der Waals surface area contributed by atoms with E-state index in [2.05, 4.69) is 11.9 Å². The molecule has 2 aromatic rings. The molecule has 0 unspecified atom stereocenters. The number of ether oxygens (including phenoxy) is 2. The summed E-state index contributed by atoms with van der Waals surface area (Å²) in [6, 6.07) is 11.0. The fourth-order valence-corrected chi connectivity index (χ4v) is 4.26. The van der Waals surface area contributed by atoms with Crippen LogP contribution in [0.4, 0.5) is 0 Å². The van der Waals surface area contributed by atoms with Crippen molar-refractivity contribution in [3.63, 3.8) is 0 Å². The number of allylic oxidation sites excluding steroid dienone is 1. The number of thioether (sulfide) groups is 1. The molecule has 0 atom stereocenters. The minimum Gasteiger partial charge on any atom is -0.490 e. The molecule has 1 heterocycles. The molecule has 0 radical (unpaired) electrons. The van der Waals surface area contributed by atoms with Gasteiger partial charge < -0.3 is 14.8 Å². The van der Waals surface area contributed by atoms with Crippen LogP contribution in [0, 0.1) is 0 Å². The molecule has 2 aromatic carbocycles. The van der Waals surface area contributed by atoms with Crippen LogP contribution in [-0.4, -0.2) is 23.4 Å². The number of rotatable bonds is 8. The monoisotopic (exact) mass is 465 g/mol. The van der Waals surface area contributed by atoms with Crippen molar-refractivity contribution in [1.82, 2.24) is 5.32 Å². The van der Waals surface area contributed by atoms with Gasteiger partial charge in [0, 0.05) is 10.6 Å². The first-order chi connectivity index (χ1) is 14.0. The molecular formula is C21H17Cl2NO3S2.